The van der Waals surface area contributed by atoms with Crippen molar-refractivity contribution in [2.45, 2.75) is 19.9 Å². The quantitative estimate of drug-likeness (QED) is 0.838. The Balaban J connectivity index is 1.91. The summed E-state index contributed by atoms with van der Waals surface area (Å²) in [7, 11) is 0. The zero-order chi connectivity index (χ0) is 16.1. The fourth-order valence-electron chi connectivity index (χ4n) is 2.06. The molecule has 0 bridgehead atoms. The van der Waals surface area contributed by atoms with Gasteiger partial charge in [0, 0.05) is 21.8 Å². The molecule has 2 aromatic carbocycles. The summed E-state index contributed by atoms with van der Waals surface area (Å²) in [4.78, 5) is 12.0. The van der Waals surface area contributed by atoms with Gasteiger partial charge in [0.25, 0.3) is 0 Å². The highest BCUT2D eigenvalue weighted by Crippen LogP contribution is 2.20. The molecule has 0 saturated carbocycles. The van der Waals surface area contributed by atoms with E-state index < -0.39 is 0 Å². The van der Waals surface area contributed by atoms with Gasteiger partial charge in [-0.3, -0.25) is 4.79 Å². The maximum Gasteiger partial charge on any atom is 0.238 e. The summed E-state index contributed by atoms with van der Waals surface area (Å²) < 4.78 is 0. The Labute approximate surface area is 140 Å². The maximum absolute atomic E-state index is 12.0. The minimum atomic E-state index is -0.112. The number of carbonyl (C=O) groups excluding carboxylic acids is 1. The van der Waals surface area contributed by atoms with Gasteiger partial charge in [-0.1, -0.05) is 41.4 Å². The van der Waals surface area contributed by atoms with Crippen molar-refractivity contribution in [1.82, 2.24) is 5.32 Å². The van der Waals surface area contributed by atoms with Crippen LogP contribution in [0.2, 0.25) is 10.0 Å². The van der Waals surface area contributed by atoms with Crippen molar-refractivity contribution in [3.63, 3.8) is 0 Å². The molecule has 0 aliphatic carbocycles. The van der Waals surface area contributed by atoms with Crippen LogP contribution in [0, 0.1) is 6.92 Å². The molecule has 3 nitrogen and oxygen atoms in total. The number of hydrogen-bond donors (Lipinski definition) is 2. The van der Waals surface area contributed by atoms with E-state index in [1.54, 1.807) is 12.1 Å². The minimum Gasteiger partial charge on any atom is -0.325 e. The first-order valence-corrected chi connectivity index (χ1v) is 7.76. The van der Waals surface area contributed by atoms with E-state index in [1.807, 2.05) is 44.2 Å². The third kappa shape index (κ3) is 4.73. The Kier molecular flexibility index (Phi) is 5.83. The van der Waals surface area contributed by atoms with Crippen LogP contribution >= 0.6 is 23.2 Å². The Hall–Kier alpha value is -1.55. The van der Waals surface area contributed by atoms with Crippen molar-refractivity contribution in [3.8, 4) is 0 Å². The first kappa shape index (κ1) is 16.8. The summed E-state index contributed by atoms with van der Waals surface area (Å²) in [5.41, 5.74) is 2.74. The number of benzene rings is 2. The molecule has 0 saturated heterocycles. The van der Waals surface area contributed by atoms with E-state index in [-0.39, 0.29) is 18.5 Å². The lowest BCUT2D eigenvalue weighted by atomic mass is 10.1. The van der Waals surface area contributed by atoms with Crippen LogP contribution in [-0.4, -0.2) is 12.5 Å². The number of halogens is 2. The summed E-state index contributed by atoms with van der Waals surface area (Å²) in [5, 5.41) is 7.32. The molecule has 0 aliphatic rings. The molecular formula is C17H18Cl2N2O. The topological polar surface area (TPSA) is 41.1 Å². The number of aryl methyl sites for hydroxylation is 1. The second kappa shape index (κ2) is 7.63. The highest BCUT2D eigenvalue weighted by Gasteiger charge is 2.09. The average molecular weight is 337 g/mol. The molecular weight excluding hydrogens is 319 g/mol. The SMILES string of the molecule is Cc1ccc(Cl)cc1NC(=O)CN[C@@H](C)c1cccc(Cl)c1. The molecule has 0 aliphatic heterocycles. The van der Waals surface area contributed by atoms with Crippen LogP contribution in [0.4, 0.5) is 5.69 Å². The molecule has 0 fully saturated rings. The van der Waals surface area contributed by atoms with Crippen molar-refractivity contribution >= 4 is 34.8 Å². The van der Waals surface area contributed by atoms with E-state index in [0.29, 0.717) is 10.0 Å². The highest BCUT2D eigenvalue weighted by atomic mass is 35.5. The third-order valence-corrected chi connectivity index (χ3v) is 3.86. The second-order valence-corrected chi connectivity index (χ2v) is 6.04. The van der Waals surface area contributed by atoms with Gasteiger partial charge in [-0.15, -0.1) is 0 Å². The maximum atomic E-state index is 12.0. The lowest BCUT2D eigenvalue weighted by molar-refractivity contribution is -0.115. The van der Waals surface area contributed by atoms with E-state index in [4.69, 9.17) is 23.2 Å². The van der Waals surface area contributed by atoms with Gasteiger partial charge < -0.3 is 10.6 Å². The smallest absolute Gasteiger partial charge is 0.238 e. The van der Waals surface area contributed by atoms with E-state index >= 15 is 0 Å². The van der Waals surface area contributed by atoms with Crippen LogP contribution < -0.4 is 10.6 Å². The van der Waals surface area contributed by atoms with Gasteiger partial charge >= 0.3 is 0 Å². The lowest BCUT2D eigenvalue weighted by Crippen LogP contribution is -2.30. The van der Waals surface area contributed by atoms with Crippen molar-refractivity contribution in [2.24, 2.45) is 0 Å². The van der Waals surface area contributed by atoms with E-state index in [1.165, 1.54) is 0 Å². The van der Waals surface area contributed by atoms with Crippen LogP contribution in [0.15, 0.2) is 42.5 Å². The van der Waals surface area contributed by atoms with Gasteiger partial charge in [0.15, 0.2) is 0 Å². The van der Waals surface area contributed by atoms with Crippen LogP contribution in [0.25, 0.3) is 0 Å². The van der Waals surface area contributed by atoms with Gasteiger partial charge in [0.05, 0.1) is 6.54 Å². The fraction of sp³-hybridized carbons (Fsp3) is 0.235. The lowest BCUT2D eigenvalue weighted by Gasteiger charge is -2.15. The normalized spacial score (nSPS) is 12.0. The molecule has 22 heavy (non-hydrogen) atoms. The van der Waals surface area contributed by atoms with Crippen molar-refractivity contribution in [3.05, 3.63) is 63.6 Å². The van der Waals surface area contributed by atoms with E-state index in [9.17, 15) is 4.79 Å². The molecule has 116 valence electrons. The zero-order valence-corrected chi connectivity index (χ0v) is 14.0. The molecule has 5 heteroatoms. The summed E-state index contributed by atoms with van der Waals surface area (Å²) in [6, 6.07) is 13.0. The first-order chi connectivity index (χ1) is 10.5. The Morgan fingerprint density at radius 3 is 2.59 bits per heavy atom. The number of hydrogen-bond acceptors (Lipinski definition) is 2. The predicted octanol–water partition coefficient (Wildman–Crippen LogP) is 4.59. The number of amides is 1. The van der Waals surface area contributed by atoms with Crippen molar-refractivity contribution < 1.29 is 4.79 Å². The fourth-order valence-corrected chi connectivity index (χ4v) is 2.43. The number of rotatable bonds is 5. The monoisotopic (exact) mass is 336 g/mol. The van der Waals surface area contributed by atoms with Crippen molar-refractivity contribution in [2.75, 3.05) is 11.9 Å². The summed E-state index contributed by atoms with van der Waals surface area (Å²) in [6.07, 6.45) is 0. The molecule has 0 radical (unpaired) electrons. The molecule has 0 spiro atoms. The molecule has 2 N–H and O–H groups in total. The standard InChI is InChI=1S/C17H18Cl2N2O/c1-11-6-7-15(19)9-16(11)21-17(22)10-20-12(2)13-4-3-5-14(18)8-13/h3-9,12,20H,10H2,1-2H3,(H,21,22)/t12-/m0/s1. The van der Waals surface area contributed by atoms with Crippen LogP contribution in [0.1, 0.15) is 24.1 Å². The van der Waals surface area contributed by atoms with Gasteiger partial charge in [0.2, 0.25) is 5.91 Å². The predicted molar refractivity (Wildman–Crippen MR) is 92.7 cm³/mol. The summed E-state index contributed by atoms with van der Waals surface area (Å²) in [6.45, 7) is 4.12. The molecule has 1 amide bonds. The number of nitrogens with one attached hydrogen (secondary N) is 2. The minimum absolute atomic E-state index is 0.0323. The van der Waals surface area contributed by atoms with Gasteiger partial charge in [-0.05, 0) is 49.2 Å². The van der Waals surface area contributed by atoms with Crippen LogP contribution in [0.5, 0.6) is 0 Å². The van der Waals surface area contributed by atoms with Gasteiger partial charge in [-0.25, -0.2) is 0 Å². The molecule has 0 heterocycles. The number of carbonyl (C=O) groups is 1. The van der Waals surface area contributed by atoms with E-state index in [0.717, 1.165) is 16.8 Å². The molecule has 2 rings (SSSR count). The molecule has 0 unspecified atom stereocenters. The molecule has 2 aromatic rings. The van der Waals surface area contributed by atoms with E-state index in [2.05, 4.69) is 10.6 Å². The summed E-state index contributed by atoms with van der Waals surface area (Å²) in [5.74, 6) is -0.112. The Morgan fingerprint density at radius 2 is 1.86 bits per heavy atom. The largest absolute Gasteiger partial charge is 0.325 e. The third-order valence-electron chi connectivity index (χ3n) is 3.39. The number of anilines is 1. The first-order valence-electron chi connectivity index (χ1n) is 7.00. The highest BCUT2D eigenvalue weighted by molar-refractivity contribution is 6.31. The van der Waals surface area contributed by atoms with Gasteiger partial charge in [-0.2, -0.15) is 0 Å². The average Bonchev–Trinajstić information content (AvgIpc) is 2.48. The van der Waals surface area contributed by atoms with Crippen LogP contribution in [0.3, 0.4) is 0 Å². The van der Waals surface area contributed by atoms with Gasteiger partial charge in [0.1, 0.15) is 0 Å². The zero-order valence-electron chi connectivity index (χ0n) is 12.5. The summed E-state index contributed by atoms with van der Waals surface area (Å²) >= 11 is 11.9. The Morgan fingerprint density at radius 1 is 1.14 bits per heavy atom. The second-order valence-electron chi connectivity index (χ2n) is 5.17. The van der Waals surface area contributed by atoms with Crippen molar-refractivity contribution in [1.29, 1.82) is 0 Å². The molecule has 0 aromatic heterocycles. The van der Waals surface area contributed by atoms with Crippen LogP contribution in [-0.2, 0) is 4.79 Å². The molecule has 1 atom stereocenters. The Bertz CT molecular complexity index is 673.